The molecule has 0 aromatic carbocycles. The van der Waals surface area contributed by atoms with E-state index in [4.69, 9.17) is 15.5 Å². The zero-order valence-corrected chi connectivity index (χ0v) is 9.75. The number of carboxylic acids is 1. The molecule has 0 bridgehead atoms. The molecule has 96 valence electrons. The third kappa shape index (κ3) is 3.24. The van der Waals surface area contributed by atoms with E-state index in [2.05, 4.69) is 4.98 Å². The maximum absolute atomic E-state index is 11.7. The van der Waals surface area contributed by atoms with Crippen LogP contribution in [0.2, 0.25) is 0 Å². The molecule has 1 aromatic rings. The lowest BCUT2D eigenvalue weighted by atomic mass is 10.4. The number of sulfonamides is 1. The highest BCUT2D eigenvalue weighted by atomic mass is 32.2. The highest BCUT2D eigenvalue weighted by Crippen LogP contribution is 2.11. The predicted molar refractivity (Wildman–Crippen MR) is 57.8 cm³/mol. The summed E-state index contributed by atoms with van der Waals surface area (Å²) in [7, 11) is -4.09. The molecule has 0 saturated carbocycles. The SMILES string of the molecule is N#Cc1ncccc1S(=O)(=O)NCC(O)C(=O)O. The van der Waals surface area contributed by atoms with Crippen LogP contribution in [0.3, 0.4) is 0 Å². The van der Waals surface area contributed by atoms with Gasteiger partial charge in [0.2, 0.25) is 10.0 Å². The first-order chi connectivity index (χ1) is 8.38. The summed E-state index contributed by atoms with van der Waals surface area (Å²) in [5.74, 6) is -1.55. The van der Waals surface area contributed by atoms with Gasteiger partial charge in [-0.05, 0) is 12.1 Å². The highest BCUT2D eigenvalue weighted by Gasteiger charge is 2.22. The van der Waals surface area contributed by atoms with E-state index in [-0.39, 0.29) is 10.6 Å². The number of nitriles is 1. The number of aromatic nitrogens is 1. The van der Waals surface area contributed by atoms with Crippen LogP contribution >= 0.6 is 0 Å². The Morgan fingerprint density at radius 1 is 1.61 bits per heavy atom. The van der Waals surface area contributed by atoms with Gasteiger partial charge in [-0.25, -0.2) is 22.9 Å². The summed E-state index contributed by atoms with van der Waals surface area (Å²) in [6.45, 7) is -0.697. The van der Waals surface area contributed by atoms with Gasteiger partial charge in [-0.2, -0.15) is 5.26 Å². The molecule has 9 heteroatoms. The number of pyridine rings is 1. The molecule has 1 unspecified atom stereocenters. The van der Waals surface area contributed by atoms with Crippen LogP contribution in [0.1, 0.15) is 5.69 Å². The van der Waals surface area contributed by atoms with Gasteiger partial charge in [-0.15, -0.1) is 0 Å². The second-order valence-electron chi connectivity index (χ2n) is 3.17. The third-order valence-corrected chi connectivity index (χ3v) is 3.37. The Kier molecular flexibility index (Phi) is 4.33. The van der Waals surface area contributed by atoms with E-state index in [9.17, 15) is 13.2 Å². The fourth-order valence-corrected chi connectivity index (χ4v) is 2.19. The molecule has 0 spiro atoms. The molecular weight excluding hydrogens is 262 g/mol. The normalized spacial score (nSPS) is 12.7. The van der Waals surface area contributed by atoms with Crippen molar-refractivity contribution < 1.29 is 23.4 Å². The highest BCUT2D eigenvalue weighted by molar-refractivity contribution is 7.89. The molecule has 18 heavy (non-hydrogen) atoms. The van der Waals surface area contributed by atoms with Crippen LogP contribution in [-0.4, -0.2) is 42.2 Å². The molecule has 1 atom stereocenters. The standard InChI is InChI=1S/C9H9N3O5S/c10-4-6-8(2-1-3-11-6)18(16,17)12-5-7(13)9(14)15/h1-3,7,12-13H,5H2,(H,14,15). The maximum atomic E-state index is 11.7. The molecule has 0 amide bonds. The van der Waals surface area contributed by atoms with Gasteiger partial charge in [-0.1, -0.05) is 0 Å². The first-order valence-electron chi connectivity index (χ1n) is 4.64. The van der Waals surface area contributed by atoms with Crippen LogP contribution in [0.15, 0.2) is 23.2 Å². The van der Waals surface area contributed by atoms with E-state index in [0.29, 0.717) is 0 Å². The number of aliphatic hydroxyl groups is 1. The first kappa shape index (κ1) is 14.0. The van der Waals surface area contributed by atoms with Gasteiger partial charge < -0.3 is 10.2 Å². The Hall–Kier alpha value is -2.02. The fourth-order valence-electron chi connectivity index (χ4n) is 1.05. The van der Waals surface area contributed by atoms with Gasteiger partial charge in [0.15, 0.2) is 11.8 Å². The number of rotatable bonds is 5. The molecule has 0 radical (unpaired) electrons. The predicted octanol–water partition coefficient (Wildman–Crippen LogP) is -1.32. The van der Waals surface area contributed by atoms with Crippen LogP contribution in [0, 0.1) is 11.3 Å². The van der Waals surface area contributed by atoms with E-state index in [0.717, 1.165) is 6.07 Å². The second-order valence-corrected chi connectivity index (χ2v) is 4.90. The van der Waals surface area contributed by atoms with Crippen molar-refractivity contribution in [3.63, 3.8) is 0 Å². The fraction of sp³-hybridized carbons (Fsp3) is 0.222. The lowest BCUT2D eigenvalue weighted by Gasteiger charge is -2.09. The summed E-state index contributed by atoms with van der Waals surface area (Å²) in [5, 5.41) is 26.1. The van der Waals surface area contributed by atoms with Gasteiger partial charge in [0, 0.05) is 12.7 Å². The molecule has 0 aliphatic carbocycles. The van der Waals surface area contributed by atoms with E-state index >= 15 is 0 Å². The molecule has 1 heterocycles. The van der Waals surface area contributed by atoms with E-state index in [1.807, 2.05) is 4.72 Å². The summed E-state index contributed by atoms with van der Waals surface area (Å²) < 4.78 is 25.3. The quantitative estimate of drug-likeness (QED) is 0.603. The summed E-state index contributed by atoms with van der Waals surface area (Å²) in [5.41, 5.74) is -0.310. The Morgan fingerprint density at radius 2 is 2.28 bits per heavy atom. The van der Waals surface area contributed by atoms with Crippen molar-refractivity contribution in [3.8, 4) is 6.07 Å². The average molecular weight is 271 g/mol. The largest absolute Gasteiger partial charge is 0.479 e. The molecule has 1 rings (SSSR count). The van der Waals surface area contributed by atoms with Gasteiger partial charge in [0.05, 0.1) is 0 Å². The minimum atomic E-state index is -4.09. The minimum Gasteiger partial charge on any atom is -0.479 e. The summed E-state index contributed by atoms with van der Waals surface area (Å²) in [6, 6.07) is 4.08. The maximum Gasteiger partial charge on any atom is 0.333 e. The molecule has 0 fully saturated rings. The van der Waals surface area contributed by atoms with E-state index < -0.39 is 28.6 Å². The van der Waals surface area contributed by atoms with Crippen LogP contribution in [0.5, 0.6) is 0 Å². The molecular formula is C9H9N3O5S. The minimum absolute atomic E-state index is 0.310. The van der Waals surface area contributed by atoms with Gasteiger partial charge >= 0.3 is 5.97 Å². The molecule has 0 aliphatic rings. The van der Waals surface area contributed by atoms with Crippen molar-refractivity contribution in [1.29, 1.82) is 5.26 Å². The molecule has 0 saturated heterocycles. The average Bonchev–Trinajstić information content (AvgIpc) is 2.35. The zero-order valence-electron chi connectivity index (χ0n) is 8.94. The monoisotopic (exact) mass is 271 g/mol. The Morgan fingerprint density at radius 3 is 2.83 bits per heavy atom. The van der Waals surface area contributed by atoms with Crippen molar-refractivity contribution in [2.24, 2.45) is 0 Å². The van der Waals surface area contributed by atoms with E-state index in [1.54, 1.807) is 6.07 Å². The molecule has 8 nitrogen and oxygen atoms in total. The lowest BCUT2D eigenvalue weighted by molar-refractivity contribution is -0.146. The van der Waals surface area contributed by atoms with Crippen LogP contribution in [-0.2, 0) is 14.8 Å². The van der Waals surface area contributed by atoms with Crippen molar-refractivity contribution in [1.82, 2.24) is 9.71 Å². The zero-order chi connectivity index (χ0) is 13.8. The molecule has 0 aliphatic heterocycles. The van der Waals surface area contributed by atoms with Crippen LogP contribution in [0.25, 0.3) is 0 Å². The van der Waals surface area contributed by atoms with Gasteiger partial charge in [0.25, 0.3) is 0 Å². The third-order valence-electron chi connectivity index (χ3n) is 1.92. The van der Waals surface area contributed by atoms with Crippen LogP contribution in [0.4, 0.5) is 0 Å². The summed E-state index contributed by atoms with van der Waals surface area (Å²) in [4.78, 5) is 13.5. The summed E-state index contributed by atoms with van der Waals surface area (Å²) in [6.07, 6.45) is -0.606. The number of nitrogens with one attached hydrogen (secondary N) is 1. The Labute approximate surface area is 103 Å². The lowest BCUT2D eigenvalue weighted by Crippen LogP contribution is -2.36. The second kappa shape index (κ2) is 5.54. The number of aliphatic hydroxyl groups excluding tert-OH is 1. The van der Waals surface area contributed by atoms with Gasteiger partial charge in [-0.3, -0.25) is 0 Å². The van der Waals surface area contributed by atoms with Crippen molar-refractivity contribution in [2.75, 3.05) is 6.54 Å². The topological polar surface area (TPSA) is 140 Å². The first-order valence-corrected chi connectivity index (χ1v) is 6.12. The van der Waals surface area contributed by atoms with E-state index in [1.165, 1.54) is 12.3 Å². The summed E-state index contributed by atoms with van der Waals surface area (Å²) >= 11 is 0. The number of hydrogen-bond acceptors (Lipinski definition) is 6. The number of aliphatic carboxylic acids is 1. The molecule has 1 aromatic heterocycles. The molecule has 3 N–H and O–H groups in total. The number of carbonyl (C=O) groups is 1. The Balaban J connectivity index is 2.94. The smallest absolute Gasteiger partial charge is 0.333 e. The number of nitrogens with zero attached hydrogens (tertiary/aromatic N) is 2. The van der Waals surface area contributed by atoms with Gasteiger partial charge in [0.1, 0.15) is 11.0 Å². The van der Waals surface area contributed by atoms with Crippen molar-refractivity contribution >= 4 is 16.0 Å². The Bertz CT molecular complexity index is 592. The van der Waals surface area contributed by atoms with Crippen molar-refractivity contribution in [3.05, 3.63) is 24.0 Å². The number of hydrogen-bond donors (Lipinski definition) is 3. The number of carboxylic acid groups (broad SMARTS) is 1. The van der Waals surface area contributed by atoms with Crippen LogP contribution < -0.4 is 4.72 Å². The van der Waals surface area contributed by atoms with Crippen molar-refractivity contribution in [2.45, 2.75) is 11.0 Å².